The molecular formula is C19H13ClF3N3O2. The van der Waals surface area contributed by atoms with Gasteiger partial charge in [-0.1, -0.05) is 29.8 Å². The molecule has 0 aliphatic rings. The first-order valence-electron chi connectivity index (χ1n) is 8.01. The van der Waals surface area contributed by atoms with Crippen LogP contribution in [0.25, 0.3) is 5.69 Å². The molecule has 0 atom stereocenters. The van der Waals surface area contributed by atoms with E-state index in [9.17, 15) is 22.8 Å². The van der Waals surface area contributed by atoms with Crippen molar-refractivity contribution >= 4 is 23.2 Å². The zero-order valence-corrected chi connectivity index (χ0v) is 15.2. The maximum Gasteiger partial charge on any atom is 0.416 e. The summed E-state index contributed by atoms with van der Waals surface area (Å²) < 4.78 is 39.8. The van der Waals surface area contributed by atoms with E-state index < -0.39 is 28.8 Å². The minimum absolute atomic E-state index is 0.106. The summed E-state index contributed by atoms with van der Waals surface area (Å²) in [5.74, 6) is -0.926. The summed E-state index contributed by atoms with van der Waals surface area (Å²) >= 11 is 6.15. The van der Waals surface area contributed by atoms with Gasteiger partial charge >= 0.3 is 6.18 Å². The third kappa shape index (κ3) is 4.07. The number of halogens is 4. The number of carbonyl (C=O) groups excluding carboxylic acids is 1. The highest BCUT2D eigenvalue weighted by atomic mass is 35.5. The Hall–Kier alpha value is -3.13. The molecule has 0 bridgehead atoms. The number of alkyl halides is 3. The number of para-hydroxylation sites is 1. The Balaban J connectivity index is 1.98. The standard InChI is InChI=1S/C19H13ClF3N3O2/c1-11-9-16(27)17(25-26(11)15-8-3-2-7-14(15)20)18(28)24-13-6-4-5-12(10-13)19(21,22)23/h2-10H,1H3,(H,24,28). The van der Waals surface area contributed by atoms with Gasteiger partial charge in [0.25, 0.3) is 5.91 Å². The molecule has 144 valence electrons. The van der Waals surface area contributed by atoms with Crippen molar-refractivity contribution in [3.8, 4) is 5.69 Å². The minimum atomic E-state index is -4.56. The summed E-state index contributed by atoms with van der Waals surface area (Å²) in [7, 11) is 0. The van der Waals surface area contributed by atoms with Gasteiger partial charge in [0.05, 0.1) is 16.3 Å². The van der Waals surface area contributed by atoms with Crippen LogP contribution in [0, 0.1) is 6.92 Å². The predicted molar refractivity (Wildman–Crippen MR) is 99.0 cm³/mol. The van der Waals surface area contributed by atoms with Crippen LogP contribution >= 0.6 is 11.6 Å². The molecule has 2 aromatic carbocycles. The summed E-state index contributed by atoms with van der Waals surface area (Å²) in [6.07, 6.45) is -4.56. The first-order chi connectivity index (χ1) is 13.2. The molecule has 5 nitrogen and oxygen atoms in total. The molecule has 1 aromatic heterocycles. The quantitative estimate of drug-likeness (QED) is 0.697. The second kappa shape index (κ2) is 7.47. The number of rotatable bonds is 3. The Kier molecular flexibility index (Phi) is 5.24. The fraction of sp³-hybridized carbons (Fsp3) is 0.105. The van der Waals surface area contributed by atoms with Gasteiger partial charge in [-0.2, -0.15) is 18.3 Å². The van der Waals surface area contributed by atoms with E-state index in [1.807, 2.05) is 0 Å². The van der Waals surface area contributed by atoms with Crippen molar-refractivity contribution in [1.29, 1.82) is 0 Å². The molecule has 28 heavy (non-hydrogen) atoms. The third-order valence-electron chi connectivity index (χ3n) is 3.85. The molecule has 3 rings (SSSR count). The van der Waals surface area contributed by atoms with Crippen LogP contribution in [0.1, 0.15) is 21.7 Å². The highest BCUT2D eigenvalue weighted by Gasteiger charge is 2.30. The van der Waals surface area contributed by atoms with E-state index in [1.165, 1.54) is 16.8 Å². The minimum Gasteiger partial charge on any atom is -0.320 e. The molecule has 1 heterocycles. The number of aryl methyl sites for hydroxylation is 1. The second-order valence-electron chi connectivity index (χ2n) is 5.89. The number of hydrogen-bond acceptors (Lipinski definition) is 3. The number of nitrogens with zero attached hydrogens (tertiary/aromatic N) is 2. The molecule has 0 aliphatic heterocycles. The number of benzene rings is 2. The lowest BCUT2D eigenvalue weighted by Gasteiger charge is -2.13. The van der Waals surface area contributed by atoms with Crippen LogP contribution in [-0.2, 0) is 6.18 Å². The van der Waals surface area contributed by atoms with Gasteiger partial charge < -0.3 is 5.32 Å². The van der Waals surface area contributed by atoms with Gasteiger partial charge in [0.1, 0.15) is 0 Å². The van der Waals surface area contributed by atoms with E-state index in [-0.39, 0.29) is 5.69 Å². The van der Waals surface area contributed by atoms with Crippen molar-refractivity contribution in [3.63, 3.8) is 0 Å². The normalized spacial score (nSPS) is 11.3. The van der Waals surface area contributed by atoms with Crippen LogP contribution < -0.4 is 10.7 Å². The smallest absolute Gasteiger partial charge is 0.320 e. The number of aromatic nitrogens is 2. The Morgan fingerprint density at radius 3 is 2.50 bits per heavy atom. The van der Waals surface area contributed by atoms with Crippen LogP contribution in [-0.4, -0.2) is 15.7 Å². The Labute approximate surface area is 162 Å². The van der Waals surface area contributed by atoms with E-state index in [2.05, 4.69) is 10.4 Å². The van der Waals surface area contributed by atoms with Gasteiger partial charge in [-0.25, -0.2) is 4.68 Å². The van der Waals surface area contributed by atoms with Crippen molar-refractivity contribution in [1.82, 2.24) is 9.78 Å². The van der Waals surface area contributed by atoms with Gasteiger partial charge in [-0.3, -0.25) is 9.59 Å². The molecular weight excluding hydrogens is 395 g/mol. The lowest BCUT2D eigenvalue weighted by molar-refractivity contribution is -0.137. The van der Waals surface area contributed by atoms with Crippen LogP contribution in [0.15, 0.2) is 59.4 Å². The molecule has 9 heteroatoms. The average molecular weight is 408 g/mol. The van der Waals surface area contributed by atoms with Crippen molar-refractivity contribution in [2.75, 3.05) is 5.32 Å². The monoisotopic (exact) mass is 407 g/mol. The third-order valence-corrected chi connectivity index (χ3v) is 4.17. The van der Waals surface area contributed by atoms with Gasteiger partial charge in [-0.05, 0) is 37.3 Å². The fourth-order valence-corrected chi connectivity index (χ4v) is 2.75. The zero-order chi connectivity index (χ0) is 20.5. The molecule has 0 spiro atoms. The van der Waals surface area contributed by atoms with Gasteiger partial charge in [-0.15, -0.1) is 0 Å². The van der Waals surface area contributed by atoms with Crippen LogP contribution in [0.2, 0.25) is 5.02 Å². The molecule has 0 fully saturated rings. The summed E-state index contributed by atoms with van der Waals surface area (Å²) in [6, 6.07) is 12.0. The topological polar surface area (TPSA) is 64.0 Å². The number of anilines is 1. The summed E-state index contributed by atoms with van der Waals surface area (Å²) in [6.45, 7) is 1.62. The maximum atomic E-state index is 12.8. The summed E-state index contributed by atoms with van der Waals surface area (Å²) in [4.78, 5) is 24.7. The number of hydrogen-bond donors (Lipinski definition) is 1. The molecule has 0 saturated heterocycles. The summed E-state index contributed by atoms with van der Waals surface area (Å²) in [5, 5.41) is 6.68. The van der Waals surface area contributed by atoms with E-state index in [1.54, 1.807) is 31.2 Å². The maximum absolute atomic E-state index is 12.8. The van der Waals surface area contributed by atoms with Gasteiger partial charge in [0.2, 0.25) is 5.43 Å². The highest BCUT2D eigenvalue weighted by Crippen LogP contribution is 2.30. The molecule has 0 radical (unpaired) electrons. The van der Waals surface area contributed by atoms with Crippen molar-refractivity contribution < 1.29 is 18.0 Å². The lowest BCUT2D eigenvalue weighted by Crippen LogP contribution is -2.27. The second-order valence-corrected chi connectivity index (χ2v) is 6.30. The number of amides is 1. The van der Waals surface area contributed by atoms with Crippen molar-refractivity contribution in [3.05, 3.63) is 86.8 Å². The SMILES string of the molecule is Cc1cc(=O)c(C(=O)Nc2cccc(C(F)(F)F)c2)nn1-c1ccccc1Cl. The first-order valence-corrected chi connectivity index (χ1v) is 8.39. The van der Waals surface area contributed by atoms with Gasteiger partial charge in [0.15, 0.2) is 5.69 Å². The van der Waals surface area contributed by atoms with Crippen LogP contribution in [0.3, 0.4) is 0 Å². The Morgan fingerprint density at radius 1 is 1.11 bits per heavy atom. The first kappa shape index (κ1) is 19.6. The molecule has 1 amide bonds. The van der Waals surface area contributed by atoms with Gasteiger partial charge in [0, 0.05) is 17.4 Å². The van der Waals surface area contributed by atoms with E-state index >= 15 is 0 Å². The predicted octanol–water partition coefficient (Wildman–Crippen LogP) is 4.47. The van der Waals surface area contributed by atoms with E-state index in [4.69, 9.17) is 11.6 Å². The fourth-order valence-electron chi connectivity index (χ4n) is 2.54. The lowest BCUT2D eigenvalue weighted by atomic mass is 10.2. The Morgan fingerprint density at radius 2 is 1.82 bits per heavy atom. The molecule has 0 unspecified atom stereocenters. The van der Waals surface area contributed by atoms with Crippen LogP contribution in [0.5, 0.6) is 0 Å². The van der Waals surface area contributed by atoms with E-state index in [0.717, 1.165) is 18.2 Å². The van der Waals surface area contributed by atoms with Crippen molar-refractivity contribution in [2.24, 2.45) is 0 Å². The number of carbonyl (C=O) groups is 1. The summed E-state index contributed by atoms with van der Waals surface area (Å²) in [5.41, 5.74) is -1.27. The molecule has 0 saturated carbocycles. The average Bonchev–Trinajstić information content (AvgIpc) is 2.62. The van der Waals surface area contributed by atoms with Crippen molar-refractivity contribution in [2.45, 2.75) is 13.1 Å². The van der Waals surface area contributed by atoms with Crippen LogP contribution in [0.4, 0.5) is 18.9 Å². The zero-order valence-electron chi connectivity index (χ0n) is 14.4. The molecule has 0 aliphatic carbocycles. The molecule has 1 N–H and O–H groups in total. The Bertz CT molecular complexity index is 1110. The number of nitrogens with one attached hydrogen (secondary N) is 1. The highest BCUT2D eigenvalue weighted by molar-refractivity contribution is 6.32. The van der Waals surface area contributed by atoms with E-state index in [0.29, 0.717) is 16.4 Å². The largest absolute Gasteiger partial charge is 0.416 e. The molecule has 3 aromatic rings.